The molecule has 2 heteroatoms. The molecule has 1 heterocycles. The first-order valence-corrected chi connectivity index (χ1v) is 3.71. The standard InChI is InChI=1S/C7H14NO/c1-2-6-9-7-4-3-5-8-7/h7H,2-6H2,1H3. The van der Waals surface area contributed by atoms with Crippen molar-refractivity contribution in [1.82, 2.24) is 5.32 Å². The molecule has 2 nitrogen and oxygen atoms in total. The summed E-state index contributed by atoms with van der Waals surface area (Å²) in [6.45, 7) is 4.00. The summed E-state index contributed by atoms with van der Waals surface area (Å²) < 4.78 is 5.39. The summed E-state index contributed by atoms with van der Waals surface area (Å²) in [6.07, 6.45) is 3.70. The van der Waals surface area contributed by atoms with Crippen LogP contribution in [0.4, 0.5) is 0 Å². The van der Waals surface area contributed by atoms with Gasteiger partial charge >= 0.3 is 0 Å². The first-order chi connectivity index (χ1) is 4.43. The molecule has 0 bridgehead atoms. The molecule has 0 N–H and O–H groups in total. The predicted octanol–water partition coefficient (Wildman–Crippen LogP) is 1.14. The molecular formula is C7H14NO. The van der Waals surface area contributed by atoms with Gasteiger partial charge in [0, 0.05) is 13.2 Å². The van der Waals surface area contributed by atoms with E-state index in [1.807, 2.05) is 0 Å². The third-order valence-corrected chi connectivity index (χ3v) is 1.46. The van der Waals surface area contributed by atoms with Gasteiger partial charge in [-0.15, -0.1) is 0 Å². The third-order valence-electron chi connectivity index (χ3n) is 1.46. The zero-order valence-corrected chi connectivity index (χ0v) is 5.97. The largest absolute Gasteiger partial charge is 0.362 e. The highest BCUT2D eigenvalue weighted by Crippen LogP contribution is 2.07. The summed E-state index contributed by atoms with van der Waals surface area (Å²) in [6, 6.07) is 0. The van der Waals surface area contributed by atoms with Crippen LogP contribution in [0.5, 0.6) is 0 Å². The van der Waals surface area contributed by atoms with E-state index in [1.165, 1.54) is 6.42 Å². The molecule has 53 valence electrons. The number of hydrogen-bond donors (Lipinski definition) is 0. The lowest BCUT2D eigenvalue weighted by atomic mass is 10.4. The number of rotatable bonds is 3. The minimum atomic E-state index is 0.241. The highest BCUT2D eigenvalue weighted by molar-refractivity contribution is 4.63. The molecule has 1 rings (SSSR count). The Morgan fingerprint density at radius 2 is 2.56 bits per heavy atom. The van der Waals surface area contributed by atoms with E-state index in [-0.39, 0.29) is 6.23 Å². The molecule has 1 atom stereocenters. The van der Waals surface area contributed by atoms with Gasteiger partial charge < -0.3 is 4.74 Å². The second-order valence-electron chi connectivity index (χ2n) is 2.37. The Morgan fingerprint density at radius 1 is 1.67 bits per heavy atom. The first kappa shape index (κ1) is 7.03. The van der Waals surface area contributed by atoms with Crippen LogP contribution in [0.3, 0.4) is 0 Å². The summed E-state index contributed by atoms with van der Waals surface area (Å²) in [5.41, 5.74) is 0. The van der Waals surface area contributed by atoms with Crippen LogP contribution >= 0.6 is 0 Å². The van der Waals surface area contributed by atoms with Crippen LogP contribution in [0.15, 0.2) is 0 Å². The average Bonchev–Trinajstić information content (AvgIpc) is 2.34. The minimum Gasteiger partial charge on any atom is -0.362 e. The summed E-state index contributed by atoms with van der Waals surface area (Å²) >= 11 is 0. The van der Waals surface area contributed by atoms with Crippen LogP contribution in [0, 0.1) is 0 Å². The van der Waals surface area contributed by atoms with E-state index in [4.69, 9.17) is 4.74 Å². The Hall–Kier alpha value is -0.0800. The second kappa shape index (κ2) is 3.85. The molecule has 0 aromatic carbocycles. The highest BCUT2D eigenvalue weighted by atomic mass is 16.5. The van der Waals surface area contributed by atoms with E-state index in [2.05, 4.69) is 12.2 Å². The fourth-order valence-electron chi connectivity index (χ4n) is 0.982. The van der Waals surface area contributed by atoms with E-state index >= 15 is 0 Å². The molecule has 1 saturated heterocycles. The number of nitrogens with zero attached hydrogens (tertiary/aromatic N) is 1. The van der Waals surface area contributed by atoms with Gasteiger partial charge in [-0.05, 0) is 19.3 Å². The topological polar surface area (TPSA) is 23.3 Å². The van der Waals surface area contributed by atoms with Crippen molar-refractivity contribution < 1.29 is 4.74 Å². The predicted molar refractivity (Wildman–Crippen MR) is 36.3 cm³/mol. The van der Waals surface area contributed by atoms with E-state index in [0.29, 0.717) is 0 Å². The zero-order valence-electron chi connectivity index (χ0n) is 5.97. The lowest BCUT2D eigenvalue weighted by molar-refractivity contribution is 0.0417. The zero-order chi connectivity index (χ0) is 6.53. The molecule has 1 radical (unpaired) electrons. The van der Waals surface area contributed by atoms with E-state index in [9.17, 15) is 0 Å². The van der Waals surface area contributed by atoms with Crippen LogP contribution in [-0.2, 0) is 4.74 Å². The van der Waals surface area contributed by atoms with Crippen molar-refractivity contribution in [3.63, 3.8) is 0 Å². The van der Waals surface area contributed by atoms with Crippen molar-refractivity contribution in [3.05, 3.63) is 0 Å². The Kier molecular flexibility index (Phi) is 3.01. The maximum absolute atomic E-state index is 5.39. The lowest BCUT2D eigenvalue weighted by Gasteiger charge is -2.07. The van der Waals surface area contributed by atoms with Gasteiger partial charge in [-0.25, -0.2) is 5.32 Å². The monoisotopic (exact) mass is 128 g/mol. The van der Waals surface area contributed by atoms with E-state index in [0.717, 1.165) is 26.0 Å². The Bertz CT molecular complexity index is 69.3. The van der Waals surface area contributed by atoms with E-state index in [1.54, 1.807) is 0 Å². The summed E-state index contributed by atoms with van der Waals surface area (Å²) in [5.74, 6) is 0. The fraction of sp³-hybridized carbons (Fsp3) is 1.00. The second-order valence-corrected chi connectivity index (χ2v) is 2.37. The molecule has 0 aromatic heterocycles. The van der Waals surface area contributed by atoms with Crippen molar-refractivity contribution in [3.8, 4) is 0 Å². The number of hydrogen-bond acceptors (Lipinski definition) is 1. The molecular weight excluding hydrogens is 114 g/mol. The molecule has 0 amide bonds. The van der Waals surface area contributed by atoms with Gasteiger partial charge in [0.1, 0.15) is 6.23 Å². The van der Waals surface area contributed by atoms with E-state index < -0.39 is 0 Å². The Morgan fingerprint density at radius 3 is 3.11 bits per heavy atom. The molecule has 1 aliphatic rings. The van der Waals surface area contributed by atoms with Gasteiger partial charge in [-0.2, -0.15) is 0 Å². The van der Waals surface area contributed by atoms with Crippen LogP contribution in [0.1, 0.15) is 26.2 Å². The van der Waals surface area contributed by atoms with Crippen molar-refractivity contribution >= 4 is 0 Å². The summed E-state index contributed by atoms with van der Waals surface area (Å²) in [4.78, 5) is 0. The molecule has 9 heavy (non-hydrogen) atoms. The highest BCUT2D eigenvalue weighted by Gasteiger charge is 2.14. The fourth-order valence-corrected chi connectivity index (χ4v) is 0.982. The van der Waals surface area contributed by atoms with Crippen molar-refractivity contribution in [2.24, 2.45) is 0 Å². The van der Waals surface area contributed by atoms with Crippen LogP contribution in [0.2, 0.25) is 0 Å². The lowest BCUT2D eigenvalue weighted by Crippen LogP contribution is -2.18. The SMILES string of the molecule is CCCOC1CCC[N]1. The number of ether oxygens (including phenoxy) is 1. The third kappa shape index (κ3) is 2.33. The molecule has 1 unspecified atom stereocenters. The van der Waals surface area contributed by atoms with Gasteiger partial charge in [-0.3, -0.25) is 0 Å². The quantitative estimate of drug-likeness (QED) is 0.559. The normalized spacial score (nSPS) is 27.0. The van der Waals surface area contributed by atoms with Crippen LogP contribution in [-0.4, -0.2) is 19.4 Å². The molecule has 1 aliphatic heterocycles. The van der Waals surface area contributed by atoms with Crippen molar-refractivity contribution in [2.75, 3.05) is 13.2 Å². The van der Waals surface area contributed by atoms with Gasteiger partial charge in [0.05, 0.1) is 0 Å². The first-order valence-electron chi connectivity index (χ1n) is 3.71. The van der Waals surface area contributed by atoms with Crippen LogP contribution < -0.4 is 5.32 Å². The summed E-state index contributed by atoms with van der Waals surface area (Å²) in [5, 5.41) is 4.25. The Labute approximate surface area is 56.6 Å². The molecule has 0 aromatic rings. The Balaban J connectivity index is 1.98. The van der Waals surface area contributed by atoms with Gasteiger partial charge in [0.25, 0.3) is 0 Å². The summed E-state index contributed by atoms with van der Waals surface area (Å²) in [7, 11) is 0. The molecule has 1 fully saturated rings. The molecule has 0 saturated carbocycles. The molecule has 0 spiro atoms. The van der Waals surface area contributed by atoms with Crippen LogP contribution in [0.25, 0.3) is 0 Å². The van der Waals surface area contributed by atoms with Crippen molar-refractivity contribution in [1.29, 1.82) is 0 Å². The average molecular weight is 128 g/mol. The van der Waals surface area contributed by atoms with Gasteiger partial charge in [0.15, 0.2) is 0 Å². The maximum Gasteiger partial charge on any atom is 0.123 e. The maximum atomic E-state index is 5.39. The smallest absolute Gasteiger partial charge is 0.123 e. The minimum absolute atomic E-state index is 0.241. The van der Waals surface area contributed by atoms with Gasteiger partial charge in [0.2, 0.25) is 0 Å². The van der Waals surface area contributed by atoms with Crippen molar-refractivity contribution in [2.45, 2.75) is 32.4 Å². The molecule has 0 aliphatic carbocycles. The van der Waals surface area contributed by atoms with Gasteiger partial charge in [-0.1, -0.05) is 6.92 Å².